The molecule has 11 heavy (non-hydrogen) atoms. The summed E-state index contributed by atoms with van der Waals surface area (Å²) in [6, 6.07) is 5.90. The second-order valence-corrected chi connectivity index (χ2v) is 2.92. The Bertz CT molecular complexity index is 246. The summed E-state index contributed by atoms with van der Waals surface area (Å²) in [5, 5.41) is 0. The van der Waals surface area contributed by atoms with Crippen LogP contribution < -0.4 is 4.74 Å². The largest absolute Gasteiger partial charge is 2.00 e. The molecule has 0 atom stereocenters. The Morgan fingerprint density at radius 2 is 2.09 bits per heavy atom. The zero-order chi connectivity index (χ0) is 7.56. The van der Waals surface area contributed by atoms with Crippen molar-refractivity contribution in [2.45, 2.75) is 6.92 Å². The van der Waals surface area contributed by atoms with E-state index in [9.17, 15) is 0 Å². The molecule has 0 heterocycles. The van der Waals surface area contributed by atoms with Crippen LogP contribution in [-0.4, -0.2) is 30.2 Å². The molecular weight excluding hydrogens is 216 g/mol. The maximum atomic E-state index is 5.10. The smallest absolute Gasteiger partial charge is 1.00 e. The van der Waals surface area contributed by atoms with Gasteiger partial charge < -0.3 is 7.59 Å². The Labute approximate surface area is 94.4 Å². The van der Waals surface area contributed by atoms with Crippen LogP contribution in [-0.2, 0) is 0 Å². The predicted octanol–water partition coefficient (Wildman–Crippen LogP) is 2.61. The molecule has 1 nitrogen and oxygen atoms in total. The third-order valence-electron chi connectivity index (χ3n) is 1.44. The maximum Gasteiger partial charge on any atom is 2.00 e. The van der Waals surface area contributed by atoms with Crippen molar-refractivity contribution in [2.24, 2.45) is 0 Å². The Morgan fingerprint density at radius 1 is 1.45 bits per heavy atom. The quantitative estimate of drug-likeness (QED) is 0.670. The number of hydrogen-bond acceptors (Lipinski definition) is 1. The van der Waals surface area contributed by atoms with Gasteiger partial charge in [0.2, 0.25) is 0 Å². The van der Waals surface area contributed by atoms with E-state index in [2.05, 4.69) is 15.9 Å². The van der Waals surface area contributed by atoms with Crippen LogP contribution in [0.2, 0.25) is 0 Å². The van der Waals surface area contributed by atoms with E-state index >= 15 is 0 Å². The first-order valence-electron chi connectivity index (χ1n) is 3.05. The molecule has 0 aliphatic heterocycles. The van der Waals surface area contributed by atoms with E-state index in [0.717, 1.165) is 15.8 Å². The fourth-order valence-electron chi connectivity index (χ4n) is 0.809. The summed E-state index contributed by atoms with van der Waals surface area (Å²) >= 11 is 3.41. The number of hydrogen-bond donors (Lipinski definition) is 0. The Morgan fingerprint density at radius 3 is 2.55 bits per heavy atom. The van der Waals surface area contributed by atoms with Crippen LogP contribution in [0.1, 0.15) is 8.42 Å². The summed E-state index contributed by atoms with van der Waals surface area (Å²) in [6.07, 6.45) is 0. The predicted molar refractivity (Wildman–Crippen MR) is 53.4 cm³/mol. The van der Waals surface area contributed by atoms with E-state index in [-0.39, 0.29) is 25.9 Å². The van der Waals surface area contributed by atoms with Crippen LogP contribution in [0.3, 0.4) is 0 Å². The SMILES string of the molecule is COc1cccc(Br)c1C.[H-].[H-].[Mg+2]. The average molecular weight is 227 g/mol. The first kappa shape index (κ1) is 11.3. The van der Waals surface area contributed by atoms with Gasteiger partial charge in [-0.2, -0.15) is 0 Å². The van der Waals surface area contributed by atoms with E-state index in [1.54, 1.807) is 7.11 Å². The van der Waals surface area contributed by atoms with Gasteiger partial charge in [0.1, 0.15) is 5.75 Å². The number of benzene rings is 1. The standard InChI is InChI=1S/C8H9BrO.Mg.2H/c1-6-7(9)4-3-5-8(6)10-2;;;/h3-5H,1-2H3;;;/q;+2;2*-1. The molecule has 0 saturated heterocycles. The maximum absolute atomic E-state index is 5.10. The van der Waals surface area contributed by atoms with E-state index < -0.39 is 0 Å². The molecule has 1 aromatic rings. The van der Waals surface area contributed by atoms with Gasteiger partial charge in [0.15, 0.2) is 0 Å². The second-order valence-electron chi connectivity index (χ2n) is 2.07. The van der Waals surface area contributed by atoms with Crippen molar-refractivity contribution in [1.29, 1.82) is 0 Å². The minimum Gasteiger partial charge on any atom is -1.00 e. The van der Waals surface area contributed by atoms with Crippen molar-refractivity contribution in [2.75, 3.05) is 7.11 Å². The van der Waals surface area contributed by atoms with Crippen molar-refractivity contribution in [1.82, 2.24) is 0 Å². The number of methoxy groups -OCH3 is 1. The van der Waals surface area contributed by atoms with Gasteiger partial charge in [-0.25, -0.2) is 0 Å². The van der Waals surface area contributed by atoms with Crippen LogP contribution in [0.15, 0.2) is 22.7 Å². The van der Waals surface area contributed by atoms with Crippen LogP contribution in [0.5, 0.6) is 5.75 Å². The third kappa shape index (κ3) is 2.65. The van der Waals surface area contributed by atoms with Crippen LogP contribution in [0.4, 0.5) is 0 Å². The molecule has 58 valence electrons. The molecule has 0 spiro atoms. The van der Waals surface area contributed by atoms with Crippen molar-refractivity contribution >= 4 is 39.0 Å². The summed E-state index contributed by atoms with van der Waals surface area (Å²) in [6.45, 7) is 2.02. The normalized spacial score (nSPS) is 8.64. The van der Waals surface area contributed by atoms with Crippen LogP contribution in [0.25, 0.3) is 0 Å². The summed E-state index contributed by atoms with van der Waals surface area (Å²) in [4.78, 5) is 0. The van der Waals surface area contributed by atoms with E-state index in [1.807, 2.05) is 25.1 Å². The van der Waals surface area contributed by atoms with Gasteiger partial charge in [-0.3, -0.25) is 0 Å². The van der Waals surface area contributed by atoms with Gasteiger partial charge in [0, 0.05) is 10.0 Å². The molecule has 0 radical (unpaired) electrons. The molecule has 0 N–H and O–H groups in total. The van der Waals surface area contributed by atoms with Gasteiger partial charge in [-0.15, -0.1) is 0 Å². The number of ether oxygens (including phenoxy) is 1. The molecular formula is C8H11BrMgO. The summed E-state index contributed by atoms with van der Waals surface area (Å²) < 4.78 is 6.19. The van der Waals surface area contributed by atoms with Crippen molar-refractivity contribution in [3.63, 3.8) is 0 Å². The Kier molecular flexibility index (Phi) is 5.13. The Hall–Kier alpha value is 0.266. The molecule has 0 aliphatic rings. The zero-order valence-electron chi connectivity index (χ0n) is 8.73. The second kappa shape index (κ2) is 5.01. The van der Waals surface area contributed by atoms with Gasteiger partial charge in [0.25, 0.3) is 0 Å². The van der Waals surface area contributed by atoms with Gasteiger partial charge in [-0.1, -0.05) is 22.0 Å². The minimum atomic E-state index is 0. The Balaban J connectivity index is -0.000000333. The summed E-state index contributed by atoms with van der Waals surface area (Å²) in [5.41, 5.74) is 1.14. The molecule has 0 unspecified atom stereocenters. The number of rotatable bonds is 1. The van der Waals surface area contributed by atoms with Gasteiger partial charge in [-0.05, 0) is 19.1 Å². The van der Waals surface area contributed by atoms with E-state index in [1.165, 1.54) is 0 Å². The van der Waals surface area contributed by atoms with Crippen molar-refractivity contribution in [3.8, 4) is 5.75 Å². The van der Waals surface area contributed by atoms with Crippen LogP contribution >= 0.6 is 15.9 Å². The zero-order valence-corrected chi connectivity index (χ0v) is 9.73. The molecule has 3 heteroatoms. The molecule has 1 aromatic carbocycles. The fourth-order valence-corrected chi connectivity index (χ4v) is 1.16. The monoisotopic (exact) mass is 226 g/mol. The molecule has 0 aliphatic carbocycles. The van der Waals surface area contributed by atoms with Gasteiger partial charge in [0.05, 0.1) is 7.11 Å². The van der Waals surface area contributed by atoms with Crippen molar-refractivity contribution < 1.29 is 7.59 Å². The first-order valence-corrected chi connectivity index (χ1v) is 3.84. The summed E-state index contributed by atoms with van der Waals surface area (Å²) in [5.74, 6) is 0.925. The van der Waals surface area contributed by atoms with E-state index in [0.29, 0.717) is 0 Å². The van der Waals surface area contributed by atoms with Crippen molar-refractivity contribution in [3.05, 3.63) is 28.2 Å². The fraction of sp³-hybridized carbons (Fsp3) is 0.250. The molecule has 0 aromatic heterocycles. The third-order valence-corrected chi connectivity index (χ3v) is 2.30. The first-order chi connectivity index (χ1) is 4.75. The molecule has 0 saturated carbocycles. The molecule has 1 rings (SSSR count). The van der Waals surface area contributed by atoms with Crippen LogP contribution in [0, 0.1) is 6.92 Å². The van der Waals surface area contributed by atoms with E-state index in [4.69, 9.17) is 4.74 Å². The minimum absolute atomic E-state index is 0. The van der Waals surface area contributed by atoms with Gasteiger partial charge >= 0.3 is 23.1 Å². The topological polar surface area (TPSA) is 9.23 Å². The molecule has 0 amide bonds. The average Bonchev–Trinajstić information content (AvgIpc) is 1.95. The number of halogens is 1. The molecule has 0 fully saturated rings. The molecule has 0 bridgehead atoms. The summed E-state index contributed by atoms with van der Waals surface area (Å²) in [7, 11) is 1.68.